The van der Waals surface area contributed by atoms with Gasteiger partial charge in [0.2, 0.25) is 23.6 Å². The molecule has 2 fully saturated rings. The molecule has 0 aromatic rings. The van der Waals surface area contributed by atoms with E-state index in [0.29, 0.717) is 77.9 Å². The summed E-state index contributed by atoms with van der Waals surface area (Å²) in [6, 6.07) is -2.60. The molecule has 0 aromatic heterocycles. The number of ether oxygens (including phenoxy) is 8. The number of rotatable bonds is 53. The standard InChI is InChI=1S/C68H116N10O18/c1-10-33-91-35-37-93-39-40-94-38-36-92-34-30-57(84)77-52(27-26-49(81)24-20-16-14-19-23-32-74-68(88)96-64-51(66(87)90-9)43-53(78-67(71)72)60(64)61(44(5)11-2)75-45(6)79)54(82)28-29-56(83)73-31-22-18-15-17-21-25-58(85)95-63-50(65(86)89-8)41-48(42-55(69)70)59(63)62(76-46(7)80)47(12-3)13-4/h1,44,47-48,50-53,59-64H,11-43H2,2-9H3,(H3,69,70)(H,73,83)(H,74,88)(H,75,79)(H,76,80)(H,77,84)(H4,71,72,78)/t44?,48-,50-,51-,52+,53+,59+,60+,61-,62-,63+,64+/m0/s1. The van der Waals surface area contributed by atoms with Gasteiger partial charge in [0.05, 0.1) is 90.2 Å². The number of carbonyl (C=O) groups excluding carboxylic acids is 10. The van der Waals surface area contributed by atoms with Gasteiger partial charge in [0, 0.05) is 95.8 Å². The molecule has 2 aliphatic carbocycles. The molecule has 0 heterocycles. The van der Waals surface area contributed by atoms with Crippen molar-refractivity contribution in [2.45, 2.75) is 226 Å². The molecule has 2 aliphatic rings. The smallest absolute Gasteiger partial charge is 0.407 e. The van der Waals surface area contributed by atoms with E-state index >= 15 is 0 Å². The lowest BCUT2D eigenvalue weighted by Crippen LogP contribution is -2.52. The Morgan fingerprint density at radius 3 is 1.67 bits per heavy atom. The van der Waals surface area contributed by atoms with Crippen LogP contribution in [0.15, 0.2) is 4.99 Å². The minimum atomic E-state index is -1.01. The zero-order valence-corrected chi connectivity index (χ0v) is 58.4. The van der Waals surface area contributed by atoms with Crippen molar-refractivity contribution in [3.05, 3.63) is 0 Å². The van der Waals surface area contributed by atoms with Crippen molar-refractivity contribution >= 4 is 71.0 Å². The third-order valence-corrected chi connectivity index (χ3v) is 17.9. The third kappa shape index (κ3) is 33.8. The van der Waals surface area contributed by atoms with Gasteiger partial charge in [-0.15, -0.1) is 6.42 Å². The van der Waals surface area contributed by atoms with Crippen LogP contribution in [0.3, 0.4) is 0 Å². The minimum Gasteiger partial charge on any atom is -0.469 e. The van der Waals surface area contributed by atoms with Gasteiger partial charge in [0.25, 0.3) is 0 Å². The topological polar surface area (TPSA) is 419 Å². The second kappa shape index (κ2) is 49.5. The van der Waals surface area contributed by atoms with Crippen LogP contribution in [-0.4, -0.2) is 188 Å². The predicted molar refractivity (Wildman–Crippen MR) is 359 cm³/mol. The first kappa shape index (κ1) is 85.1. The number of hydrogen-bond donors (Lipinski definition) is 9. The van der Waals surface area contributed by atoms with Crippen molar-refractivity contribution in [2.75, 3.05) is 80.2 Å². The maximum Gasteiger partial charge on any atom is 0.407 e. The number of terminal acetylenes is 1. The molecule has 0 bridgehead atoms. The highest BCUT2D eigenvalue weighted by Gasteiger charge is 2.55. The summed E-state index contributed by atoms with van der Waals surface area (Å²) >= 11 is 0. The van der Waals surface area contributed by atoms with Crippen LogP contribution in [-0.2, 0) is 81.0 Å². The van der Waals surface area contributed by atoms with Crippen molar-refractivity contribution in [3.8, 4) is 12.3 Å². The summed E-state index contributed by atoms with van der Waals surface area (Å²) in [6.07, 6.45) is 12.1. The summed E-state index contributed by atoms with van der Waals surface area (Å²) in [5.41, 5.74) is 17.4. The molecule has 0 saturated heterocycles. The van der Waals surface area contributed by atoms with Crippen LogP contribution >= 0.6 is 0 Å². The summed E-state index contributed by atoms with van der Waals surface area (Å²) < 4.78 is 43.9. The van der Waals surface area contributed by atoms with Crippen molar-refractivity contribution < 1.29 is 85.8 Å². The molecule has 546 valence electrons. The highest BCUT2D eigenvalue weighted by molar-refractivity contribution is 5.92. The molecule has 0 spiro atoms. The normalized spacial score (nSPS) is 20.1. The molecule has 5 amide bonds. The SMILES string of the molecule is C#CCOCCOCCOCCOCCC(=O)N[C@H](CCC(=O)CCCCCCCNC(=O)O[C@H]1[C@@H]([C@@H](NC(C)=O)C(C)CC)[C@H](N=C(N)N)C[C@@H]1C(=O)OC)C(=O)CCC(=O)NCCCCCCCC(=O)O[C@H]1[C@@H]([C@@H](NC(C)=O)C(CC)CC)[C@H](CC(=N)N)C[C@@H]1C(=O)OC. The second-order valence-electron chi connectivity index (χ2n) is 25.1. The highest BCUT2D eigenvalue weighted by atomic mass is 16.6. The fourth-order valence-corrected chi connectivity index (χ4v) is 12.9. The fraction of sp³-hybridized carbons (Fsp3) is 0.794. The number of carbonyl (C=O) groups is 10. The van der Waals surface area contributed by atoms with Gasteiger partial charge in [-0.2, -0.15) is 0 Å². The monoisotopic (exact) mass is 1360 g/mol. The Morgan fingerprint density at radius 2 is 1.11 bits per heavy atom. The van der Waals surface area contributed by atoms with Crippen LogP contribution in [0.4, 0.5) is 4.79 Å². The quantitative estimate of drug-likeness (QED) is 0.00990. The van der Waals surface area contributed by atoms with Gasteiger partial charge in [-0.25, -0.2) is 9.79 Å². The van der Waals surface area contributed by atoms with Crippen molar-refractivity contribution in [3.63, 3.8) is 0 Å². The van der Waals surface area contributed by atoms with Gasteiger partial charge in [0.15, 0.2) is 11.7 Å². The fourth-order valence-electron chi connectivity index (χ4n) is 12.9. The number of guanidine groups is 1. The highest BCUT2D eigenvalue weighted by Crippen LogP contribution is 2.46. The molecule has 1 unspecified atom stereocenters. The van der Waals surface area contributed by atoms with E-state index in [1.807, 2.05) is 27.7 Å². The Morgan fingerprint density at radius 1 is 0.583 bits per heavy atom. The molecule has 12 atom stereocenters. The molecule has 12 N–H and O–H groups in total. The van der Waals surface area contributed by atoms with E-state index in [2.05, 4.69) is 37.5 Å². The van der Waals surface area contributed by atoms with Gasteiger partial charge in [-0.3, -0.25) is 48.6 Å². The lowest BCUT2D eigenvalue weighted by Gasteiger charge is -2.37. The molecule has 2 saturated carbocycles. The van der Waals surface area contributed by atoms with Crippen molar-refractivity contribution in [1.82, 2.24) is 26.6 Å². The van der Waals surface area contributed by atoms with Gasteiger partial charge in [0.1, 0.15) is 24.6 Å². The predicted octanol–water partition coefficient (Wildman–Crippen LogP) is 4.76. The number of ketones is 2. The Kier molecular flexibility index (Phi) is 43.9. The van der Waals surface area contributed by atoms with E-state index in [1.165, 1.54) is 28.1 Å². The minimum absolute atomic E-state index is 0.0207. The molecule has 0 aliphatic heterocycles. The largest absolute Gasteiger partial charge is 0.469 e. The molecule has 96 heavy (non-hydrogen) atoms. The van der Waals surface area contributed by atoms with Crippen LogP contribution in [0.5, 0.6) is 0 Å². The van der Waals surface area contributed by atoms with E-state index in [1.54, 1.807) is 0 Å². The number of methoxy groups -OCH3 is 2. The second-order valence-corrected chi connectivity index (χ2v) is 25.1. The maximum absolute atomic E-state index is 13.6. The van der Waals surface area contributed by atoms with Gasteiger partial charge < -0.3 is 81.7 Å². The van der Waals surface area contributed by atoms with Crippen LogP contribution in [0.2, 0.25) is 0 Å². The van der Waals surface area contributed by atoms with E-state index in [0.717, 1.165) is 44.9 Å². The number of unbranched alkanes of at least 4 members (excludes halogenated alkanes) is 8. The van der Waals surface area contributed by atoms with Crippen LogP contribution < -0.4 is 43.8 Å². The molecule has 2 rings (SSSR count). The van der Waals surface area contributed by atoms with Crippen LogP contribution in [0, 0.1) is 59.2 Å². The van der Waals surface area contributed by atoms with Gasteiger partial charge in [-0.05, 0) is 62.7 Å². The first-order valence-electron chi connectivity index (χ1n) is 34.6. The Balaban J connectivity index is 1.91. The summed E-state index contributed by atoms with van der Waals surface area (Å²) in [7, 11) is 2.52. The number of nitrogens with zero attached hydrogens (tertiary/aromatic N) is 1. The Hall–Kier alpha value is -6.96. The van der Waals surface area contributed by atoms with Gasteiger partial charge in [-0.1, -0.05) is 91.4 Å². The molecule has 0 aromatic carbocycles. The van der Waals surface area contributed by atoms with E-state index in [4.69, 9.17) is 66.9 Å². The maximum atomic E-state index is 13.6. The van der Waals surface area contributed by atoms with Gasteiger partial charge >= 0.3 is 24.0 Å². The van der Waals surface area contributed by atoms with Crippen LogP contribution in [0.25, 0.3) is 0 Å². The van der Waals surface area contributed by atoms with Crippen molar-refractivity contribution in [2.24, 2.45) is 63.6 Å². The zero-order chi connectivity index (χ0) is 71.4. The zero-order valence-electron chi connectivity index (χ0n) is 58.4. The Bertz CT molecular complexity index is 2470. The number of hydrogen-bond acceptors (Lipinski definition) is 20. The lowest BCUT2D eigenvalue weighted by molar-refractivity contribution is -0.162. The average Bonchev–Trinajstić information content (AvgIpc) is 1.63. The summed E-state index contributed by atoms with van der Waals surface area (Å²) in [4.78, 5) is 135. The first-order valence-corrected chi connectivity index (χ1v) is 34.6. The number of nitrogens with two attached hydrogens (primary N) is 3. The van der Waals surface area contributed by atoms with E-state index < -0.39 is 90.0 Å². The van der Waals surface area contributed by atoms with E-state index in [9.17, 15) is 47.9 Å². The number of amidine groups is 1. The first-order chi connectivity index (χ1) is 46.0. The molecule has 0 radical (unpaired) electrons. The number of esters is 3. The molecule has 28 heteroatoms. The number of Topliss-reactive ketones (excluding diaryl/α,β-unsaturated/α-hetero) is 2. The molecular formula is C68H116N10O18. The number of alkyl carbamates (subject to hydrolysis) is 1. The molecule has 28 nitrogen and oxygen atoms in total. The lowest BCUT2D eigenvalue weighted by atomic mass is 9.77. The number of amides is 5. The summed E-state index contributed by atoms with van der Waals surface area (Å²) in [5, 5.41) is 22.5. The van der Waals surface area contributed by atoms with E-state index in [-0.39, 0.29) is 150 Å². The summed E-state index contributed by atoms with van der Waals surface area (Å²) in [6.45, 7) is 13.6. The number of nitrogens with one attached hydrogen (secondary N) is 6. The van der Waals surface area contributed by atoms with Crippen LogP contribution in [0.1, 0.15) is 189 Å². The van der Waals surface area contributed by atoms with Crippen molar-refractivity contribution in [1.29, 1.82) is 5.41 Å². The third-order valence-electron chi connectivity index (χ3n) is 17.9. The number of aliphatic imine (C=N–C) groups is 1. The summed E-state index contributed by atoms with van der Waals surface area (Å²) in [5.74, 6) is -4.44. The Labute approximate surface area is 568 Å². The average molecular weight is 1360 g/mol. The molecular weight excluding hydrogens is 1240 g/mol.